The molecule has 0 aromatic heterocycles. The van der Waals surface area contributed by atoms with Crippen LogP contribution in [0, 0.1) is 0 Å². The summed E-state index contributed by atoms with van der Waals surface area (Å²) in [6, 6.07) is 8.71. The second-order valence-electron chi connectivity index (χ2n) is 10.8. The lowest BCUT2D eigenvalue weighted by Gasteiger charge is -2.51. The molecular weight excluding hydrogens is 519 g/mol. The first-order chi connectivity index (χ1) is 17.6. The number of hydrogen-bond donors (Lipinski definition) is 2. The van der Waals surface area contributed by atoms with E-state index in [1.54, 1.807) is 6.92 Å². The predicted molar refractivity (Wildman–Crippen MR) is 161 cm³/mol. The van der Waals surface area contributed by atoms with Gasteiger partial charge in [-0.3, -0.25) is 4.79 Å². The summed E-state index contributed by atoms with van der Waals surface area (Å²) < 4.78 is 27.5. The van der Waals surface area contributed by atoms with Gasteiger partial charge in [-0.05, 0) is 54.4 Å². The van der Waals surface area contributed by atoms with E-state index in [0.717, 1.165) is 54.4 Å². The van der Waals surface area contributed by atoms with Crippen molar-refractivity contribution in [3.63, 3.8) is 0 Å². The standard InChI is InChI=1S/C27H59NO6Si3/c1-11-35(12-2,13-3)31-21-24-25(28-22(10)30)27(34-37(17-7,18-8)19-9)26(23(20-29)32-24)33-36(14-4,15-5)16-6/h23-27,29H,11-21H2,1-10H3,(H,28,30)/t23-,24+,25?,26-,27-/m1/s1. The van der Waals surface area contributed by atoms with Crippen molar-refractivity contribution in [3.05, 3.63) is 0 Å². The maximum Gasteiger partial charge on any atom is 0.217 e. The molecule has 5 atom stereocenters. The summed E-state index contributed by atoms with van der Waals surface area (Å²) in [5.41, 5.74) is 0. The molecule has 37 heavy (non-hydrogen) atoms. The minimum Gasteiger partial charge on any atom is -0.414 e. The molecular formula is C27H59NO6Si3. The Morgan fingerprint density at radius 2 is 1.11 bits per heavy atom. The third kappa shape index (κ3) is 8.70. The second kappa shape index (κ2) is 16.2. The van der Waals surface area contributed by atoms with Gasteiger partial charge in [-0.1, -0.05) is 62.3 Å². The Balaban J connectivity index is 3.60. The quantitative estimate of drug-likeness (QED) is 0.193. The number of aliphatic hydroxyl groups is 1. The molecule has 0 spiro atoms. The van der Waals surface area contributed by atoms with Crippen molar-refractivity contribution in [1.82, 2.24) is 5.32 Å². The summed E-state index contributed by atoms with van der Waals surface area (Å²) in [6.45, 7) is 21.7. The molecule has 0 aromatic rings. The Kier molecular flexibility index (Phi) is 15.3. The number of amides is 1. The van der Waals surface area contributed by atoms with Crippen LogP contribution in [0.25, 0.3) is 0 Å². The lowest BCUT2D eigenvalue weighted by atomic mass is 9.93. The summed E-state index contributed by atoms with van der Waals surface area (Å²) in [4.78, 5) is 12.5. The van der Waals surface area contributed by atoms with E-state index >= 15 is 0 Å². The van der Waals surface area contributed by atoms with Crippen LogP contribution in [0.1, 0.15) is 69.2 Å². The molecule has 1 unspecified atom stereocenters. The van der Waals surface area contributed by atoms with Crippen molar-refractivity contribution in [2.75, 3.05) is 13.2 Å². The molecule has 220 valence electrons. The Morgan fingerprint density at radius 1 is 0.703 bits per heavy atom. The lowest BCUT2D eigenvalue weighted by Crippen LogP contribution is -2.69. The van der Waals surface area contributed by atoms with Gasteiger partial charge >= 0.3 is 0 Å². The molecule has 0 aliphatic carbocycles. The smallest absolute Gasteiger partial charge is 0.217 e. The van der Waals surface area contributed by atoms with E-state index in [0.29, 0.717) is 6.61 Å². The highest BCUT2D eigenvalue weighted by molar-refractivity contribution is 6.74. The van der Waals surface area contributed by atoms with E-state index in [9.17, 15) is 9.90 Å². The van der Waals surface area contributed by atoms with Crippen LogP contribution in [-0.2, 0) is 22.8 Å². The minimum atomic E-state index is -2.08. The van der Waals surface area contributed by atoms with Crippen LogP contribution >= 0.6 is 0 Å². The van der Waals surface area contributed by atoms with Gasteiger partial charge < -0.3 is 28.4 Å². The molecule has 1 rings (SSSR count). The van der Waals surface area contributed by atoms with E-state index in [2.05, 4.69) is 67.6 Å². The van der Waals surface area contributed by atoms with Crippen LogP contribution in [0.4, 0.5) is 0 Å². The molecule has 0 radical (unpaired) electrons. The summed E-state index contributed by atoms with van der Waals surface area (Å²) in [6.07, 6.45) is -1.72. The summed E-state index contributed by atoms with van der Waals surface area (Å²) >= 11 is 0. The van der Waals surface area contributed by atoms with E-state index in [-0.39, 0.29) is 18.6 Å². The number of aliphatic hydroxyl groups excluding tert-OH is 1. The number of nitrogens with one attached hydrogen (secondary N) is 1. The highest BCUT2D eigenvalue weighted by atomic mass is 28.4. The molecule has 10 heteroatoms. The lowest BCUT2D eigenvalue weighted by molar-refractivity contribution is -0.193. The van der Waals surface area contributed by atoms with Crippen LogP contribution in [-0.4, -0.2) is 79.6 Å². The molecule has 7 nitrogen and oxygen atoms in total. The first-order valence-corrected chi connectivity index (χ1v) is 22.7. The molecule has 0 bridgehead atoms. The van der Waals surface area contributed by atoms with Gasteiger partial charge in [-0.2, -0.15) is 0 Å². The van der Waals surface area contributed by atoms with Crippen molar-refractivity contribution in [2.45, 2.75) is 154 Å². The van der Waals surface area contributed by atoms with E-state index < -0.39 is 49.3 Å². The molecule has 1 fully saturated rings. The SMILES string of the molecule is CC[Si](CC)(CC)OC[C@@H]1O[C@H](CO)[C@@H](O[Si](CC)(CC)CC)[C@H](O[Si](CC)(CC)CC)C1NC(C)=O. The normalized spacial score (nSPS) is 25.3. The summed E-state index contributed by atoms with van der Waals surface area (Å²) in [7, 11) is -6.02. The molecule has 1 amide bonds. The van der Waals surface area contributed by atoms with Gasteiger partial charge in [0.2, 0.25) is 5.91 Å². The van der Waals surface area contributed by atoms with E-state index in [1.165, 1.54) is 0 Å². The maximum atomic E-state index is 12.5. The second-order valence-corrected chi connectivity index (χ2v) is 25.1. The van der Waals surface area contributed by atoms with Gasteiger partial charge in [0.1, 0.15) is 18.3 Å². The van der Waals surface area contributed by atoms with Crippen molar-refractivity contribution in [1.29, 1.82) is 0 Å². The minimum absolute atomic E-state index is 0.111. The van der Waals surface area contributed by atoms with Crippen LogP contribution in [0.5, 0.6) is 0 Å². The van der Waals surface area contributed by atoms with Crippen LogP contribution in [0.3, 0.4) is 0 Å². The van der Waals surface area contributed by atoms with Crippen molar-refractivity contribution in [2.24, 2.45) is 0 Å². The predicted octanol–water partition coefficient (Wildman–Crippen LogP) is 6.05. The molecule has 0 aromatic carbocycles. The van der Waals surface area contributed by atoms with Crippen LogP contribution < -0.4 is 5.32 Å². The zero-order chi connectivity index (χ0) is 28.3. The van der Waals surface area contributed by atoms with Crippen LogP contribution in [0.2, 0.25) is 54.4 Å². The molecule has 2 N–H and O–H groups in total. The molecule has 0 saturated carbocycles. The first kappa shape index (κ1) is 34.9. The Labute approximate surface area is 231 Å². The maximum absolute atomic E-state index is 12.5. The highest BCUT2D eigenvalue weighted by Crippen LogP contribution is 2.36. The van der Waals surface area contributed by atoms with Gasteiger partial charge in [0.15, 0.2) is 25.0 Å². The molecule has 1 aliphatic heterocycles. The van der Waals surface area contributed by atoms with E-state index in [4.69, 9.17) is 18.0 Å². The monoisotopic (exact) mass is 577 g/mol. The number of carbonyl (C=O) groups is 1. The fraction of sp³-hybridized carbons (Fsp3) is 0.963. The number of hydrogen-bond acceptors (Lipinski definition) is 6. The molecule has 1 saturated heterocycles. The molecule has 1 aliphatic rings. The zero-order valence-corrected chi connectivity index (χ0v) is 28.7. The van der Waals surface area contributed by atoms with Gasteiger partial charge in [0, 0.05) is 6.92 Å². The van der Waals surface area contributed by atoms with Crippen molar-refractivity contribution in [3.8, 4) is 0 Å². The largest absolute Gasteiger partial charge is 0.414 e. The van der Waals surface area contributed by atoms with Crippen molar-refractivity contribution >= 4 is 30.9 Å². The fourth-order valence-electron chi connectivity index (χ4n) is 5.89. The van der Waals surface area contributed by atoms with Gasteiger partial charge in [0.25, 0.3) is 0 Å². The fourth-order valence-corrected chi connectivity index (χ4v) is 14.2. The topological polar surface area (TPSA) is 86.2 Å². The summed E-state index contributed by atoms with van der Waals surface area (Å²) in [5, 5.41) is 13.8. The van der Waals surface area contributed by atoms with Gasteiger partial charge in [0.05, 0.1) is 25.4 Å². The van der Waals surface area contributed by atoms with Crippen LogP contribution in [0.15, 0.2) is 0 Å². The van der Waals surface area contributed by atoms with Gasteiger partial charge in [-0.25, -0.2) is 0 Å². The number of ether oxygens (including phenoxy) is 1. The van der Waals surface area contributed by atoms with Crippen molar-refractivity contribution < 1.29 is 27.9 Å². The molecule has 1 heterocycles. The summed E-state index contributed by atoms with van der Waals surface area (Å²) in [5.74, 6) is -0.111. The average molecular weight is 578 g/mol. The Morgan fingerprint density at radius 3 is 1.46 bits per heavy atom. The number of rotatable bonds is 18. The van der Waals surface area contributed by atoms with E-state index in [1.807, 2.05) is 0 Å². The number of carbonyl (C=O) groups excluding carboxylic acids is 1. The third-order valence-electron chi connectivity index (χ3n) is 9.47. The first-order valence-electron chi connectivity index (χ1n) is 15.1. The zero-order valence-electron chi connectivity index (χ0n) is 25.7. The third-order valence-corrected chi connectivity index (χ3v) is 23.4. The Hall–Kier alpha value is -0.0794. The highest BCUT2D eigenvalue weighted by Gasteiger charge is 2.52. The Bertz CT molecular complexity index is 633. The van der Waals surface area contributed by atoms with Gasteiger partial charge in [-0.15, -0.1) is 0 Å². The average Bonchev–Trinajstić information content (AvgIpc) is 2.93.